The Balaban J connectivity index is 1.41. The minimum Gasteiger partial charge on any atom is -0.477 e. The Kier molecular flexibility index (Phi) is 6.04. The van der Waals surface area contributed by atoms with E-state index in [0.717, 1.165) is 23.4 Å². The van der Waals surface area contributed by atoms with Crippen molar-refractivity contribution in [2.24, 2.45) is 0 Å². The number of carboxylic acid groups (broad SMARTS) is 1. The molecule has 0 radical (unpaired) electrons. The van der Waals surface area contributed by atoms with E-state index in [1.165, 1.54) is 24.4 Å². The van der Waals surface area contributed by atoms with Crippen LogP contribution in [0.1, 0.15) is 41.7 Å². The third-order valence-electron chi connectivity index (χ3n) is 6.83. The Morgan fingerprint density at radius 3 is 2.49 bits per heavy atom. The molecule has 1 aliphatic heterocycles. The van der Waals surface area contributed by atoms with Gasteiger partial charge in [-0.15, -0.1) is 0 Å². The van der Waals surface area contributed by atoms with Crippen LogP contribution in [0, 0.1) is 11.6 Å². The first-order chi connectivity index (χ1) is 16.7. The van der Waals surface area contributed by atoms with E-state index in [9.17, 15) is 19.1 Å². The van der Waals surface area contributed by atoms with Gasteiger partial charge in [0, 0.05) is 49.7 Å². The number of aromatic nitrogens is 1. The highest BCUT2D eigenvalue weighted by atomic mass is 32.1. The number of benzene rings is 2. The summed E-state index contributed by atoms with van der Waals surface area (Å²) in [6.07, 6.45) is 3.71. The number of hydrogen-bond acceptors (Lipinski definition) is 4. The van der Waals surface area contributed by atoms with Crippen LogP contribution in [-0.2, 0) is 6.42 Å². The van der Waals surface area contributed by atoms with Crippen LogP contribution in [0.15, 0.2) is 47.4 Å². The van der Waals surface area contributed by atoms with Crippen LogP contribution >= 0.6 is 12.2 Å². The molecule has 0 bridgehead atoms. The zero-order valence-corrected chi connectivity index (χ0v) is 20.0. The number of hydrogen-bond donors (Lipinski definition) is 1. The molecule has 1 aliphatic carbocycles. The Labute approximate surface area is 206 Å². The van der Waals surface area contributed by atoms with Crippen molar-refractivity contribution in [2.45, 2.75) is 38.3 Å². The average Bonchev–Trinajstić information content (AvgIpc) is 3.66. The lowest BCUT2D eigenvalue weighted by atomic mass is 10.1. The van der Waals surface area contributed by atoms with Crippen molar-refractivity contribution in [3.05, 3.63) is 75.6 Å². The van der Waals surface area contributed by atoms with E-state index in [1.807, 2.05) is 11.8 Å². The molecule has 35 heavy (non-hydrogen) atoms. The zero-order chi connectivity index (χ0) is 24.9. The van der Waals surface area contributed by atoms with E-state index >= 15 is 4.39 Å². The van der Waals surface area contributed by atoms with E-state index in [4.69, 9.17) is 12.2 Å². The lowest BCUT2D eigenvalue weighted by Gasteiger charge is -2.42. The Morgan fingerprint density at radius 2 is 1.86 bits per heavy atom. The minimum absolute atomic E-state index is 0.0202. The minimum atomic E-state index is -1.31. The molecule has 1 aromatic heterocycles. The summed E-state index contributed by atoms with van der Waals surface area (Å²) in [7, 11) is 0. The fourth-order valence-corrected chi connectivity index (χ4v) is 5.27. The first kappa shape index (κ1) is 23.4. The number of fused-ring (bicyclic) bond motifs is 1. The second kappa shape index (κ2) is 9.03. The van der Waals surface area contributed by atoms with Crippen molar-refractivity contribution in [2.75, 3.05) is 24.5 Å². The van der Waals surface area contributed by atoms with E-state index in [-0.39, 0.29) is 28.9 Å². The van der Waals surface area contributed by atoms with E-state index in [0.29, 0.717) is 37.3 Å². The first-order valence-corrected chi connectivity index (χ1v) is 12.0. The second-order valence-corrected chi connectivity index (χ2v) is 9.79. The highest BCUT2D eigenvalue weighted by molar-refractivity contribution is 7.80. The van der Waals surface area contributed by atoms with Crippen molar-refractivity contribution in [3.8, 4) is 0 Å². The molecule has 1 unspecified atom stereocenters. The molecule has 1 atom stereocenters. The van der Waals surface area contributed by atoms with E-state index in [1.54, 1.807) is 22.8 Å². The molecule has 2 aromatic carbocycles. The molecule has 0 spiro atoms. The molecule has 1 saturated heterocycles. The maximum atomic E-state index is 15.3. The first-order valence-electron chi connectivity index (χ1n) is 11.6. The number of aromatic carboxylic acids is 1. The van der Waals surface area contributed by atoms with Crippen LogP contribution in [0.4, 0.5) is 14.5 Å². The number of thiocarbonyl (C=S) groups is 1. The number of rotatable bonds is 5. The van der Waals surface area contributed by atoms with Gasteiger partial charge in [-0.3, -0.25) is 4.79 Å². The molecule has 5 rings (SSSR count). The van der Waals surface area contributed by atoms with Gasteiger partial charge in [0.2, 0.25) is 5.43 Å². The molecule has 182 valence electrons. The van der Waals surface area contributed by atoms with Crippen LogP contribution in [0.2, 0.25) is 0 Å². The third-order valence-corrected chi connectivity index (χ3v) is 7.21. The van der Waals surface area contributed by atoms with Gasteiger partial charge in [0.25, 0.3) is 0 Å². The van der Waals surface area contributed by atoms with Gasteiger partial charge in [0.1, 0.15) is 17.2 Å². The average molecular weight is 498 g/mol. The predicted molar refractivity (Wildman–Crippen MR) is 134 cm³/mol. The fraction of sp³-hybridized carbons (Fsp3) is 0.346. The molecular weight excluding hydrogens is 472 g/mol. The van der Waals surface area contributed by atoms with Gasteiger partial charge in [0.05, 0.1) is 16.2 Å². The third kappa shape index (κ3) is 4.52. The molecule has 1 N–H and O–H groups in total. The summed E-state index contributed by atoms with van der Waals surface area (Å²) in [5.74, 6) is -2.14. The van der Waals surface area contributed by atoms with Crippen molar-refractivity contribution in [3.63, 3.8) is 0 Å². The number of halogens is 2. The largest absolute Gasteiger partial charge is 0.477 e. The smallest absolute Gasteiger partial charge is 0.341 e. The van der Waals surface area contributed by atoms with Gasteiger partial charge >= 0.3 is 5.97 Å². The van der Waals surface area contributed by atoms with E-state index < -0.39 is 17.2 Å². The summed E-state index contributed by atoms with van der Waals surface area (Å²) in [5.41, 5.74) is 0.879. The van der Waals surface area contributed by atoms with Crippen LogP contribution < -0.4 is 10.3 Å². The van der Waals surface area contributed by atoms with E-state index in [2.05, 4.69) is 4.90 Å². The summed E-state index contributed by atoms with van der Waals surface area (Å²) in [6, 6.07) is 9.28. The quantitative estimate of drug-likeness (QED) is 0.528. The van der Waals surface area contributed by atoms with Gasteiger partial charge in [-0.2, -0.15) is 0 Å². The number of pyridine rings is 1. The normalized spacial score (nSPS) is 18.2. The standard InChI is InChI=1S/C26H25F2N3O3S/c1-15-13-29(8-9-30(15)24(35)10-16-2-4-17(27)5-3-16)23-12-22-19(11-21(23)28)25(32)20(26(33)34)14-31(22)18-6-7-18/h2-5,11-12,14-15,18H,6-10,13H2,1H3,(H,33,34). The lowest BCUT2D eigenvalue weighted by molar-refractivity contribution is 0.0695. The summed E-state index contributed by atoms with van der Waals surface area (Å²) in [6.45, 7) is 3.71. The van der Waals surface area contributed by atoms with Crippen molar-refractivity contribution >= 4 is 39.8 Å². The molecule has 2 heterocycles. The molecule has 6 nitrogen and oxygen atoms in total. The van der Waals surface area contributed by atoms with Crippen molar-refractivity contribution in [1.82, 2.24) is 9.47 Å². The van der Waals surface area contributed by atoms with Crippen LogP contribution in [0.25, 0.3) is 10.9 Å². The number of piperazine rings is 1. The van der Waals surface area contributed by atoms with Gasteiger partial charge in [-0.1, -0.05) is 24.4 Å². The Morgan fingerprint density at radius 1 is 1.14 bits per heavy atom. The van der Waals surface area contributed by atoms with Crippen molar-refractivity contribution < 1.29 is 18.7 Å². The maximum absolute atomic E-state index is 15.3. The Bertz CT molecular complexity index is 1390. The highest BCUT2D eigenvalue weighted by Gasteiger charge is 2.30. The lowest BCUT2D eigenvalue weighted by Crippen LogP contribution is -2.54. The molecule has 2 aliphatic rings. The van der Waals surface area contributed by atoms with Crippen LogP contribution in [-0.4, -0.2) is 51.2 Å². The molecule has 0 amide bonds. The number of nitrogens with zero attached hydrogens (tertiary/aromatic N) is 3. The fourth-order valence-electron chi connectivity index (χ4n) is 4.83. The zero-order valence-electron chi connectivity index (χ0n) is 19.2. The number of carbonyl (C=O) groups is 1. The monoisotopic (exact) mass is 497 g/mol. The second-order valence-electron chi connectivity index (χ2n) is 9.32. The summed E-state index contributed by atoms with van der Waals surface area (Å²) in [4.78, 5) is 29.1. The Hall–Kier alpha value is -3.33. The molecular formula is C26H25F2N3O3S. The van der Waals surface area contributed by atoms with Gasteiger partial charge in [-0.25, -0.2) is 13.6 Å². The maximum Gasteiger partial charge on any atom is 0.341 e. The molecule has 1 saturated carbocycles. The molecule has 9 heteroatoms. The van der Waals surface area contributed by atoms with Crippen molar-refractivity contribution in [1.29, 1.82) is 0 Å². The summed E-state index contributed by atoms with van der Waals surface area (Å²) >= 11 is 5.66. The predicted octanol–water partition coefficient (Wildman–Crippen LogP) is 4.39. The summed E-state index contributed by atoms with van der Waals surface area (Å²) in [5, 5.41) is 9.52. The topological polar surface area (TPSA) is 65.8 Å². The van der Waals surface area contributed by atoms with Gasteiger partial charge < -0.3 is 19.5 Å². The highest BCUT2D eigenvalue weighted by Crippen LogP contribution is 2.38. The van der Waals surface area contributed by atoms with Crippen LogP contribution in [0.5, 0.6) is 0 Å². The number of carboxylic acids is 1. The molecule has 3 aromatic rings. The van der Waals surface area contributed by atoms with Gasteiger partial charge in [0.15, 0.2) is 0 Å². The van der Waals surface area contributed by atoms with Gasteiger partial charge in [-0.05, 0) is 49.6 Å². The summed E-state index contributed by atoms with van der Waals surface area (Å²) < 4.78 is 30.3. The van der Waals surface area contributed by atoms with Crippen LogP contribution in [0.3, 0.4) is 0 Å². The molecule has 2 fully saturated rings. The number of anilines is 1. The SMILES string of the molecule is CC1CN(c2cc3c(cc2F)c(=O)c(C(=O)O)cn3C2CC2)CCN1C(=S)Cc1ccc(F)cc1.